The molecule has 0 bridgehead atoms. The Morgan fingerprint density at radius 3 is 2.26 bits per heavy atom. The summed E-state index contributed by atoms with van der Waals surface area (Å²) in [5.74, 6) is -0.0390. The number of fused-ring (bicyclic) bond motifs is 1. The Balaban J connectivity index is 1.44. The van der Waals surface area contributed by atoms with E-state index in [2.05, 4.69) is 5.32 Å². The number of halogens is 4. The average molecular weight is 523 g/mol. The van der Waals surface area contributed by atoms with Crippen molar-refractivity contribution in [1.82, 2.24) is 14.5 Å². The smallest absolute Gasteiger partial charge is 0.378 e. The molecule has 1 amide bonds. The van der Waals surface area contributed by atoms with E-state index < -0.39 is 23.8 Å². The summed E-state index contributed by atoms with van der Waals surface area (Å²) in [5, 5.41) is 13.9. The molecule has 1 aliphatic heterocycles. The monoisotopic (exact) mass is 522 g/mol. The highest BCUT2D eigenvalue weighted by atomic mass is 19.4. The lowest BCUT2D eigenvalue weighted by atomic mass is 10.1. The van der Waals surface area contributed by atoms with E-state index in [0.717, 1.165) is 35.5 Å². The maximum atomic E-state index is 13.6. The molecule has 0 saturated heterocycles. The Morgan fingerprint density at radius 2 is 1.63 bits per heavy atom. The number of imidazole rings is 1. The van der Waals surface area contributed by atoms with E-state index in [9.17, 15) is 27.5 Å². The zero-order chi connectivity index (χ0) is 27.0. The molecule has 0 spiro atoms. The number of hydrogen-bond acceptors (Lipinski definition) is 4. The molecule has 1 aliphatic rings. The minimum Gasteiger partial charge on any atom is -0.378 e. The molecular formula is C28H22F4N4O2. The van der Waals surface area contributed by atoms with Gasteiger partial charge in [-0.1, -0.05) is 29.8 Å². The number of aromatic nitrogens is 2. The van der Waals surface area contributed by atoms with Crippen LogP contribution in [0.4, 0.5) is 29.1 Å². The van der Waals surface area contributed by atoms with Crippen molar-refractivity contribution in [3.63, 3.8) is 0 Å². The number of aliphatic hydroxyl groups is 1. The molecule has 3 aromatic carbocycles. The molecule has 0 saturated carbocycles. The highest BCUT2D eigenvalue weighted by Gasteiger charge is 2.32. The Labute approximate surface area is 215 Å². The Morgan fingerprint density at radius 1 is 0.974 bits per heavy atom. The Hall–Kier alpha value is -4.44. The van der Waals surface area contributed by atoms with Gasteiger partial charge < -0.3 is 15.3 Å². The van der Waals surface area contributed by atoms with E-state index in [-0.39, 0.29) is 17.9 Å². The Kier molecular flexibility index (Phi) is 6.50. The van der Waals surface area contributed by atoms with Gasteiger partial charge in [-0.2, -0.15) is 13.2 Å². The molecule has 4 aromatic rings. The van der Waals surface area contributed by atoms with Gasteiger partial charge in [0.2, 0.25) is 0 Å². The first-order valence-corrected chi connectivity index (χ1v) is 11.6. The van der Waals surface area contributed by atoms with Crippen LogP contribution in [0.1, 0.15) is 28.6 Å². The van der Waals surface area contributed by atoms with Crippen molar-refractivity contribution < 1.29 is 27.5 Å². The SMILES string of the molecule is Cc1ccc(Nc2c(-c3ccc(F)cc3)nc3n2C=CN(C(=O)C(O)c2ccc(C(F)(F)F)cc2)C3)cc1. The number of nitrogens with zero attached hydrogens (tertiary/aromatic N) is 3. The molecule has 5 rings (SSSR count). The van der Waals surface area contributed by atoms with E-state index >= 15 is 0 Å². The van der Waals surface area contributed by atoms with Crippen LogP contribution in [-0.4, -0.2) is 25.5 Å². The number of aryl methyl sites for hydroxylation is 1. The van der Waals surface area contributed by atoms with Gasteiger partial charge in [0.05, 0.1) is 12.1 Å². The predicted octanol–water partition coefficient (Wildman–Crippen LogP) is 6.26. The van der Waals surface area contributed by atoms with E-state index in [0.29, 0.717) is 22.9 Å². The van der Waals surface area contributed by atoms with Gasteiger partial charge in [-0.05, 0) is 61.0 Å². The summed E-state index contributed by atoms with van der Waals surface area (Å²) >= 11 is 0. The fourth-order valence-corrected chi connectivity index (χ4v) is 4.11. The van der Waals surface area contributed by atoms with Crippen LogP contribution in [0.2, 0.25) is 0 Å². The van der Waals surface area contributed by atoms with Crippen LogP contribution in [0.25, 0.3) is 17.5 Å². The van der Waals surface area contributed by atoms with Crippen molar-refractivity contribution in [1.29, 1.82) is 0 Å². The summed E-state index contributed by atoms with van der Waals surface area (Å²) in [5.41, 5.74) is 2.24. The van der Waals surface area contributed by atoms with Gasteiger partial charge in [-0.3, -0.25) is 9.36 Å². The second-order valence-electron chi connectivity index (χ2n) is 8.88. The van der Waals surface area contributed by atoms with Gasteiger partial charge in [0.25, 0.3) is 5.91 Å². The van der Waals surface area contributed by atoms with Crippen LogP contribution < -0.4 is 5.32 Å². The van der Waals surface area contributed by atoms with E-state index in [1.54, 1.807) is 22.9 Å². The van der Waals surface area contributed by atoms with Crippen molar-refractivity contribution >= 4 is 23.6 Å². The van der Waals surface area contributed by atoms with Crippen molar-refractivity contribution in [2.75, 3.05) is 5.32 Å². The van der Waals surface area contributed by atoms with Crippen LogP contribution in [0, 0.1) is 12.7 Å². The highest BCUT2D eigenvalue weighted by molar-refractivity contribution is 5.84. The molecule has 1 atom stereocenters. The average Bonchev–Trinajstić information content (AvgIpc) is 3.26. The molecule has 194 valence electrons. The first kappa shape index (κ1) is 25.2. The molecule has 2 heterocycles. The summed E-state index contributed by atoms with van der Waals surface area (Å²) in [6.45, 7) is 1.97. The number of benzene rings is 3. The van der Waals surface area contributed by atoms with Crippen molar-refractivity contribution in [2.45, 2.75) is 25.7 Å². The predicted molar refractivity (Wildman–Crippen MR) is 134 cm³/mol. The molecule has 0 aliphatic carbocycles. The standard InChI is InChI=1S/C28H22F4N4O2/c1-17-2-12-22(13-3-17)33-26-24(18-6-10-21(29)11-7-18)34-23-16-35(14-15-36(23)26)27(38)25(37)19-4-8-20(9-5-19)28(30,31)32/h2-15,25,33,37H,16H2,1H3. The second kappa shape index (κ2) is 9.79. The molecule has 1 aromatic heterocycles. The number of anilines is 2. The zero-order valence-corrected chi connectivity index (χ0v) is 20.1. The number of alkyl halides is 3. The Bertz CT molecular complexity index is 1490. The lowest BCUT2D eigenvalue weighted by Gasteiger charge is -2.25. The second-order valence-corrected chi connectivity index (χ2v) is 8.88. The minimum absolute atomic E-state index is 0.00317. The maximum Gasteiger partial charge on any atom is 0.416 e. The number of rotatable bonds is 5. The van der Waals surface area contributed by atoms with E-state index in [1.165, 1.54) is 23.2 Å². The number of carbonyl (C=O) groups excluding carboxylic acids is 1. The zero-order valence-electron chi connectivity index (χ0n) is 20.1. The minimum atomic E-state index is -4.52. The molecule has 0 fully saturated rings. The first-order valence-electron chi connectivity index (χ1n) is 11.6. The van der Waals surface area contributed by atoms with Gasteiger partial charge in [-0.25, -0.2) is 9.37 Å². The highest BCUT2D eigenvalue weighted by Crippen LogP contribution is 2.35. The topological polar surface area (TPSA) is 70.4 Å². The third-order valence-corrected chi connectivity index (χ3v) is 6.19. The maximum absolute atomic E-state index is 13.6. The fourth-order valence-electron chi connectivity index (χ4n) is 4.11. The lowest BCUT2D eigenvalue weighted by molar-refractivity contribution is -0.138. The van der Waals surface area contributed by atoms with Gasteiger partial charge in [0, 0.05) is 23.7 Å². The number of nitrogens with one attached hydrogen (secondary N) is 1. The third kappa shape index (κ3) is 5.03. The summed E-state index contributed by atoms with van der Waals surface area (Å²) in [6, 6.07) is 17.4. The molecule has 6 nitrogen and oxygen atoms in total. The molecule has 1 unspecified atom stereocenters. The molecule has 10 heteroatoms. The lowest BCUT2D eigenvalue weighted by Crippen LogP contribution is -2.33. The largest absolute Gasteiger partial charge is 0.416 e. The van der Waals surface area contributed by atoms with Gasteiger partial charge in [0.15, 0.2) is 6.10 Å². The van der Waals surface area contributed by atoms with Gasteiger partial charge >= 0.3 is 6.18 Å². The van der Waals surface area contributed by atoms with Gasteiger partial charge in [-0.15, -0.1) is 0 Å². The molecule has 2 N–H and O–H groups in total. The van der Waals surface area contributed by atoms with Crippen molar-refractivity contribution in [3.8, 4) is 11.3 Å². The normalized spacial score (nSPS) is 13.8. The van der Waals surface area contributed by atoms with Crippen LogP contribution >= 0.6 is 0 Å². The number of amides is 1. The first-order chi connectivity index (χ1) is 18.1. The molecule has 38 heavy (non-hydrogen) atoms. The van der Waals surface area contributed by atoms with Crippen LogP contribution in [0.3, 0.4) is 0 Å². The quantitative estimate of drug-likeness (QED) is 0.304. The van der Waals surface area contributed by atoms with Crippen molar-refractivity contribution in [2.24, 2.45) is 0 Å². The number of carbonyl (C=O) groups is 1. The summed E-state index contributed by atoms with van der Waals surface area (Å²) < 4.78 is 53.9. The van der Waals surface area contributed by atoms with E-state index in [4.69, 9.17) is 4.98 Å². The third-order valence-electron chi connectivity index (χ3n) is 6.19. The van der Waals surface area contributed by atoms with Gasteiger partial charge in [0.1, 0.15) is 23.2 Å². The summed E-state index contributed by atoms with van der Waals surface area (Å²) in [6.07, 6.45) is -3.11. The molecule has 0 radical (unpaired) electrons. The van der Waals surface area contributed by atoms with Crippen molar-refractivity contribution in [3.05, 3.63) is 107 Å². The number of aliphatic hydroxyl groups excluding tert-OH is 1. The van der Waals surface area contributed by atoms with Crippen LogP contribution in [0.15, 0.2) is 79.0 Å². The summed E-state index contributed by atoms with van der Waals surface area (Å²) in [4.78, 5) is 19.0. The van der Waals surface area contributed by atoms with Crippen LogP contribution in [0.5, 0.6) is 0 Å². The fraction of sp³-hybridized carbons (Fsp3) is 0.143. The summed E-state index contributed by atoms with van der Waals surface area (Å²) in [7, 11) is 0. The van der Waals surface area contributed by atoms with E-state index in [1.807, 2.05) is 31.2 Å². The number of hydrogen-bond donors (Lipinski definition) is 2. The molecular weight excluding hydrogens is 500 g/mol. The van der Waals surface area contributed by atoms with Crippen LogP contribution in [-0.2, 0) is 17.5 Å².